The van der Waals surface area contributed by atoms with Crippen molar-refractivity contribution < 1.29 is 18.7 Å². The minimum absolute atomic E-state index is 0.0905. The maximum absolute atomic E-state index is 13.5. The van der Waals surface area contributed by atoms with Crippen LogP contribution in [0, 0.1) is 5.82 Å². The van der Waals surface area contributed by atoms with Crippen molar-refractivity contribution in [2.45, 2.75) is 4.90 Å². The Morgan fingerprint density at radius 2 is 1.88 bits per heavy atom. The van der Waals surface area contributed by atoms with E-state index in [0.717, 1.165) is 4.90 Å². The average molecular weight is 393 g/mol. The standard InChI is InChI=1S/C17H16FN3O3S2/c18-12-3-1-2-4-13(12)19-17(25)21-20-16(22)10-26-11-5-6-14-15(9-11)24-8-7-23-14/h1-6,9H,7-8,10H2,(H,20,22)(H2,19,21,25). The van der Waals surface area contributed by atoms with Crippen LogP contribution in [0.1, 0.15) is 0 Å². The monoisotopic (exact) mass is 393 g/mol. The molecule has 0 radical (unpaired) electrons. The van der Waals surface area contributed by atoms with Crippen LogP contribution in [0.25, 0.3) is 0 Å². The minimum Gasteiger partial charge on any atom is -0.486 e. The van der Waals surface area contributed by atoms with E-state index in [-0.39, 0.29) is 22.5 Å². The topological polar surface area (TPSA) is 71.6 Å². The number of fused-ring (bicyclic) bond motifs is 1. The molecule has 9 heteroatoms. The zero-order valence-corrected chi connectivity index (χ0v) is 15.2. The van der Waals surface area contributed by atoms with Gasteiger partial charge in [-0.15, -0.1) is 11.8 Å². The molecule has 0 spiro atoms. The van der Waals surface area contributed by atoms with Crippen molar-refractivity contribution in [1.29, 1.82) is 0 Å². The Bertz CT molecular complexity index is 820. The van der Waals surface area contributed by atoms with Crippen LogP contribution in [-0.2, 0) is 4.79 Å². The molecule has 1 amide bonds. The smallest absolute Gasteiger partial charge is 0.248 e. The number of carbonyl (C=O) groups excluding carboxylic acids is 1. The molecule has 3 N–H and O–H groups in total. The molecule has 1 heterocycles. The molecule has 6 nitrogen and oxygen atoms in total. The number of thiocarbonyl (C=S) groups is 1. The molecule has 0 aromatic heterocycles. The number of carbonyl (C=O) groups is 1. The van der Waals surface area contributed by atoms with E-state index in [0.29, 0.717) is 24.7 Å². The highest BCUT2D eigenvalue weighted by Crippen LogP contribution is 2.34. The number of anilines is 1. The van der Waals surface area contributed by atoms with Crippen molar-refractivity contribution >= 4 is 40.7 Å². The van der Waals surface area contributed by atoms with Gasteiger partial charge in [0.2, 0.25) is 5.91 Å². The van der Waals surface area contributed by atoms with E-state index in [1.54, 1.807) is 18.2 Å². The number of benzene rings is 2. The van der Waals surface area contributed by atoms with E-state index >= 15 is 0 Å². The zero-order chi connectivity index (χ0) is 18.4. The van der Waals surface area contributed by atoms with Gasteiger partial charge in [-0.05, 0) is 42.5 Å². The first kappa shape index (κ1) is 18.3. The molecule has 1 aliphatic rings. The van der Waals surface area contributed by atoms with Gasteiger partial charge in [0.15, 0.2) is 16.6 Å². The van der Waals surface area contributed by atoms with Gasteiger partial charge in [0.1, 0.15) is 19.0 Å². The van der Waals surface area contributed by atoms with Gasteiger partial charge in [0.25, 0.3) is 0 Å². The molecular formula is C17H16FN3O3S2. The second kappa shape index (κ2) is 8.72. The number of nitrogens with one attached hydrogen (secondary N) is 3. The van der Waals surface area contributed by atoms with E-state index in [1.165, 1.54) is 17.8 Å². The van der Waals surface area contributed by atoms with Crippen molar-refractivity contribution in [2.24, 2.45) is 0 Å². The first-order valence-electron chi connectivity index (χ1n) is 7.74. The first-order chi connectivity index (χ1) is 12.6. The van der Waals surface area contributed by atoms with Crippen LogP contribution in [0.4, 0.5) is 10.1 Å². The molecule has 1 aliphatic heterocycles. The van der Waals surface area contributed by atoms with Crippen molar-refractivity contribution in [1.82, 2.24) is 10.9 Å². The number of para-hydroxylation sites is 1. The van der Waals surface area contributed by atoms with Gasteiger partial charge < -0.3 is 14.8 Å². The van der Waals surface area contributed by atoms with E-state index in [9.17, 15) is 9.18 Å². The molecule has 136 valence electrons. The van der Waals surface area contributed by atoms with Crippen LogP contribution in [0.2, 0.25) is 0 Å². The number of thioether (sulfide) groups is 1. The lowest BCUT2D eigenvalue weighted by Crippen LogP contribution is -2.44. The molecule has 0 aliphatic carbocycles. The van der Waals surface area contributed by atoms with Crippen LogP contribution < -0.4 is 25.6 Å². The third-order valence-electron chi connectivity index (χ3n) is 3.32. The zero-order valence-electron chi connectivity index (χ0n) is 13.6. The van der Waals surface area contributed by atoms with Gasteiger partial charge >= 0.3 is 0 Å². The number of hydrogen-bond acceptors (Lipinski definition) is 5. The predicted molar refractivity (Wildman–Crippen MR) is 102 cm³/mol. The third kappa shape index (κ3) is 4.99. The molecule has 0 saturated carbocycles. The van der Waals surface area contributed by atoms with E-state index in [1.807, 2.05) is 18.2 Å². The molecule has 0 bridgehead atoms. The lowest BCUT2D eigenvalue weighted by Gasteiger charge is -2.18. The molecule has 0 unspecified atom stereocenters. The van der Waals surface area contributed by atoms with Crippen LogP contribution in [0.15, 0.2) is 47.4 Å². The summed E-state index contributed by atoms with van der Waals surface area (Å²) >= 11 is 6.37. The molecule has 2 aromatic rings. The van der Waals surface area contributed by atoms with Gasteiger partial charge in [-0.1, -0.05) is 12.1 Å². The number of ether oxygens (including phenoxy) is 2. The van der Waals surface area contributed by atoms with E-state index < -0.39 is 5.82 Å². The van der Waals surface area contributed by atoms with Gasteiger partial charge in [0.05, 0.1) is 11.4 Å². The fraction of sp³-hybridized carbons (Fsp3) is 0.176. The molecule has 0 atom stereocenters. The predicted octanol–water partition coefficient (Wildman–Crippen LogP) is 2.71. The molecule has 26 heavy (non-hydrogen) atoms. The Balaban J connectivity index is 1.43. The summed E-state index contributed by atoms with van der Waals surface area (Å²) in [4.78, 5) is 12.8. The highest BCUT2D eigenvalue weighted by atomic mass is 32.2. The SMILES string of the molecule is O=C(CSc1ccc2c(c1)OCCO2)NNC(=S)Nc1ccccc1F. The number of hydrazine groups is 1. The Hall–Kier alpha value is -2.52. The Morgan fingerprint density at radius 1 is 1.12 bits per heavy atom. The average Bonchev–Trinajstić information content (AvgIpc) is 2.66. The second-order valence-corrected chi connectivity index (χ2v) is 6.66. The number of rotatable bonds is 4. The van der Waals surface area contributed by atoms with E-state index in [2.05, 4.69) is 16.2 Å². The van der Waals surface area contributed by atoms with Gasteiger partial charge in [-0.2, -0.15) is 0 Å². The highest BCUT2D eigenvalue weighted by Gasteiger charge is 2.12. The normalized spacial score (nSPS) is 12.2. The lowest BCUT2D eigenvalue weighted by atomic mass is 10.3. The summed E-state index contributed by atoms with van der Waals surface area (Å²) in [5, 5.41) is 2.76. The number of hydrogen-bond donors (Lipinski definition) is 3. The van der Waals surface area contributed by atoms with Gasteiger partial charge in [0, 0.05) is 4.90 Å². The summed E-state index contributed by atoms with van der Waals surface area (Å²) in [7, 11) is 0. The molecular weight excluding hydrogens is 377 g/mol. The Kier molecular flexibility index (Phi) is 6.13. The number of halogens is 1. The fourth-order valence-corrected chi connectivity index (χ4v) is 3.03. The van der Waals surface area contributed by atoms with Gasteiger partial charge in [-0.3, -0.25) is 15.6 Å². The van der Waals surface area contributed by atoms with Crippen LogP contribution >= 0.6 is 24.0 Å². The maximum atomic E-state index is 13.5. The van der Waals surface area contributed by atoms with Crippen molar-refractivity contribution in [3.8, 4) is 11.5 Å². The Labute approximate surface area is 159 Å². The molecule has 0 saturated heterocycles. The van der Waals surface area contributed by atoms with E-state index in [4.69, 9.17) is 21.7 Å². The molecule has 0 fully saturated rings. The minimum atomic E-state index is -0.433. The number of amides is 1. The van der Waals surface area contributed by atoms with Crippen LogP contribution in [-0.4, -0.2) is 30.0 Å². The largest absolute Gasteiger partial charge is 0.486 e. The summed E-state index contributed by atoms with van der Waals surface area (Å²) in [6, 6.07) is 11.6. The van der Waals surface area contributed by atoms with Crippen molar-refractivity contribution in [3.05, 3.63) is 48.3 Å². The summed E-state index contributed by atoms with van der Waals surface area (Å²) in [5.74, 6) is 0.848. The van der Waals surface area contributed by atoms with Crippen LogP contribution in [0.5, 0.6) is 11.5 Å². The maximum Gasteiger partial charge on any atom is 0.248 e. The van der Waals surface area contributed by atoms with Crippen molar-refractivity contribution in [3.63, 3.8) is 0 Å². The van der Waals surface area contributed by atoms with Crippen molar-refractivity contribution in [2.75, 3.05) is 24.3 Å². The lowest BCUT2D eigenvalue weighted by molar-refractivity contribution is -0.119. The summed E-state index contributed by atoms with van der Waals surface area (Å²) in [6.07, 6.45) is 0. The first-order valence-corrected chi connectivity index (χ1v) is 9.14. The quantitative estimate of drug-likeness (QED) is 0.419. The third-order valence-corrected chi connectivity index (χ3v) is 4.52. The summed E-state index contributed by atoms with van der Waals surface area (Å²) < 4.78 is 24.5. The highest BCUT2D eigenvalue weighted by molar-refractivity contribution is 8.00. The van der Waals surface area contributed by atoms with Gasteiger partial charge in [-0.25, -0.2) is 4.39 Å². The summed E-state index contributed by atoms with van der Waals surface area (Å²) in [5.41, 5.74) is 5.23. The van der Waals surface area contributed by atoms with Crippen LogP contribution in [0.3, 0.4) is 0 Å². The molecule has 3 rings (SSSR count). The molecule has 2 aromatic carbocycles. The summed E-state index contributed by atoms with van der Waals surface area (Å²) in [6.45, 7) is 1.05. The fourth-order valence-electron chi connectivity index (χ4n) is 2.14. The Morgan fingerprint density at radius 3 is 2.69 bits per heavy atom. The second-order valence-electron chi connectivity index (χ2n) is 5.20.